The molecule has 1 aliphatic carbocycles. The van der Waals surface area contributed by atoms with E-state index in [1.807, 2.05) is 0 Å². The Morgan fingerprint density at radius 3 is 2.29 bits per heavy atom. The lowest BCUT2D eigenvalue weighted by molar-refractivity contribution is 0.0897. The van der Waals surface area contributed by atoms with Crippen LogP contribution >= 0.6 is 0 Å². The summed E-state index contributed by atoms with van der Waals surface area (Å²) in [5.41, 5.74) is 4.72. The van der Waals surface area contributed by atoms with E-state index in [9.17, 15) is 4.39 Å². The number of alkyl halides is 1. The number of nitrogens with one attached hydrogen (secondary N) is 1. The lowest BCUT2D eigenvalue weighted by atomic mass is 9.83. The summed E-state index contributed by atoms with van der Waals surface area (Å²) in [6.07, 6.45) is 2.86. The summed E-state index contributed by atoms with van der Waals surface area (Å²) in [6, 6.07) is 0.216. The van der Waals surface area contributed by atoms with Gasteiger partial charge in [-0.1, -0.05) is 0 Å². The van der Waals surface area contributed by atoms with Crippen molar-refractivity contribution in [3.63, 3.8) is 0 Å². The summed E-state index contributed by atoms with van der Waals surface area (Å²) < 4.78 is 14.2. The van der Waals surface area contributed by atoms with Crippen molar-refractivity contribution in [2.75, 3.05) is 6.54 Å². The van der Waals surface area contributed by atoms with Crippen LogP contribution in [0.15, 0.2) is 0 Å². The van der Waals surface area contributed by atoms with Crippen LogP contribution in [0.2, 0.25) is 0 Å². The Morgan fingerprint density at radius 1 is 1.36 bits per heavy atom. The first-order valence-electron chi connectivity index (χ1n) is 5.50. The number of hydrogen-bond donors (Lipinski definition) is 2. The van der Waals surface area contributed by atoms with Gasteiger partial charge >= 0.3 is 0 Å². The van der Waals surface area contributed by atoms with Crippen molar-refractivity contribution in [2.24, 2.45) is 5.73 Å². The molecule has 14 heavy (non-hydrogen) atoms. The zero-order valence-corrected chi connectivity index (χ0v) is 9.57. The average Bonchev–Trinajstić information content (AvgIpc) is 2.07. The third kappa shape index (κ3) is 3.93. The van der Waals surface area contributed by atoms with E-state index < -0.39 is 5.67 Å². The van der Waals surface area contributed by atoms with E-state index >= 15 is 0 Å². The Kier molecular flexibility index (Phi) is 3.53. The van der Waals surface area contributed by atoms with Crippen LogP contribution in [0.1, 0.15) is 46.5 Å². The number of nitrogens with two attached hydrogens (primary N) is 1. The summed E-state index contributed by atoms with van der Waals surface area (Å²) in [5, 5.41) is 3.23. The predicted octanol–water partition coefficient (Wildman–Crippen LogP) is 1.98. The molecule has 1 saturated carbocycles. The van der Waals surface area contributed by atoms with Crippen LogP contribution in [-0.2, 0) is 0 Å². The molecule has 2 nitrogen and oxygen atoms in total. The van der Waals surface area contributed by atoms with E-state index in [-0.39, 0.29) is 11.6 Å². The molecule has 0 aromatic heterocycles. The Bertz CT molecular complexity index is 178. The lowest BCUT2D eigenvalue weighted by Crippen LogP contribution is -2.48. The first-order chi connectivity index (χ1) is 6.31. The largest absolute Gasteiger partial charge is 0.328 e. The molecular formula is C11H23FN2. The predicted molar refractivity (Wildman–Crippen MR) is 58.0 cm³/mol. The van der Waals surface area contributed by atoms with Gasteiger partial charge in [-0.3, -0.25) is 0 Å². The molecule has 0 aromatic rings. The quantitative estimate of drug-likeness (QED) is 0.718. The maximum absolute atomic E-state index is 14.2. The van der Waals surface area contributed by atoms with Crippen LogP contribution in [0.3, 0.4) is 0 Å². The van der Waals surface area contributed by atoms with Gasteiger partial charge in [0.05, 0.1) is 0 Å². The van der Waals surface area contributed by atoms with Crippen LogP contribution in [0.4, 0.5) is 4.39 Å². The highest BCUT2D eigenvalue weighted by atomic mass is 19.1. The fourth-order valence-corrected chi connectivity index (χ4v) is 1.76. The third-order valence-electron chi connectivity index (χ3n) is 2.86. The molecule has 0 unspecified atom stereocenters. The normalized spacial score (nSPS) is 34.5. The highest BCUT2D eigenvalue weighted by Gasteiger charge is 2.34. The first-order valence-corrected chi connectivity index (χ1v) is 5.50. The van der Waals surface area contributed by atoms with Crippen LogP contribution in [0, 0.1) is 0 Å². The highest BCUT2D eigenvalue weighted by molar-refractivity contribution is 4.90. The standard InChI is InChI=1S/C11H23FN2/c1-10(2,3)14-8-11(12)6-4-9(13)5-7-11/h9,14H,4-8,13H2,1-3H3. The van der Waals surface area contributed by atoms with Crippen molar-refractivity contribution in [2.45, 2.75) is 63.7 Å². The molecule has 0 atom stereocenters. The monoisotopic (exact) mass is 202 g/mol. The van der Waals surface area contributed by atoms with Crippen molar-refractivity contribution in [1.82, 2.24) is 5.32 Å². The van der Waals surface area contributed by atoms with E-state index in [0.29, 0.717) is 19.4 Å². The second kappa shape index (κ2) is 4.15. The third-order valence-corrected chi connectivity index (χ3v) is 2.86. The van der Waals surface area contributed by atoms with E-state index in [4.69, 9.17) is 5.73 Å². The molecule has 1 aliphatic rings. The van der Waals surface area contributed by atoms with Gasteiger partial charge < -0.3 is 11.1 Å². The van der Waals surface area contributed by atoms with Gasteiger partial charge in [0.1, 0.15) is 5.67 Å². The molecule has 3 N–H and O–H groups in total. The molecule has 3 heteroatoms. The average molecular weight is 202 g/mol. The molecule has 0 amide bonds. The van der Waals surface area contributed by atoms with E-state index in [1.54, 1.807) is 0 Å². The Hall–Kier alpha value is -0.150. The van der Waals surface area contributed by atoms with Crippen molar-refractivity contribution < 1.29 is 4.39 Å². The fourth-order valence-electron chi connectivity index (χ4n) is 1.76. The molecular weight excluding hydrogens is 179 g/mol. The molecule has 0 aliphatic heterocycles. The minimum absolute atomic E-state index is 0.00134. The van der Waals surface area contributed by atoms with Gasteiger partial charge in [-0.25, -0.2) is 4.39 Å². The molecule has 0 bridgehead atoms. The van der Waals surface area contributed by atoms with E-state index in [1.165, 1.54) is 0 Å². The summed E-state index contributed by atoms with van der Waals surface area (Å²) in [5.74, 6) is 0. The van der Waals surface area contributed by atoms with Crippen molar-refractivity contribution >= 4 is 0 Å². The van der Waals surface area contributed by atoms with Crippen LogP contribution in [0.5, 0.6) is 0 Å². The highest BCUT2D eigenvalue weighted by Crippen LogP contribution is 2.31. The van der Waals surface area contributed by atoms with Crippen LogP contribution in [0.25, 0.3) is 0 Å². The Morgan fingerprint density at radius 2 is 1.86 bits per heavy atom. The topological polar surface area (TPSA) is 38.0 Å². The molecule has 0 aromatic carbocycles. The SMILES string of the molecule is CC(C)(C)NCC1(F)CCC(N)CC1. The summed E-state index contributed by atoms with van der Waals surface area (Å²) in [7, 11) is 0. The lowest BCUT2D eigenvalue weighted by Gasteiger charge is -2.35. The zero-order valence-electron chi connectivity index (χ0n) is 9.57. The van der Waals surface area contributed by atoms with Gasteiger partial charge in [0.15, 0.2) is 0 Å². The molecule has 1 rings (SSSR count). The molecule has 0 heterocycles. The van der Waals surface area contributed by atoms with E-state index in [2.05, 4.69) is 26.1 Å². The maximum atomic E-state index is 14.2. The second-order valence-corrected chi connectivity index (χ2v) is 5.59. The maximum Gasteiger partial charge on any atom is 0.123 e. The van der Waals surface area contributed by atoms with Gasteiger partial charge in [0.2, 0.25) is 0 Å². The zero-order chi connectivity index (χ0) is 10.8. The van der Waals surface area contributed by atoms with Gasteiger partial charge in [-0.2, -0.15) is 0 Å². The van der Waals surface area contributed by atoms with Crippen LogP contribution < -0.4 is 11.1 Å². The number of rotatable bonds is 2. The molecule has 84 valence electrons. The van der Waals surface area contributed by atoms with E-state index in [0.717, 1.165) is 12.8 Å². The smallest absolute Gasteiger partial charge is 0.123 e. The second-order valence-electron chi connectivity index (χ2n) is 5.59. The van der Waals surface area contributed by atoms with Crippen molar-refractivity contribution in [1.29, 1.82) is 0 Å². The van der Waals surface area contributed by atoms with Crippen molar-refractivity contribution in [3.8, 4) is 0 Å². The first kappa shape index (κ1) is 11.9. The van der Waals surface area contributed by atoms with Crippen molar-refractivity contribution in [3.05, 3.63) is 0 Å². The molecule has 0 spiro atoms. The summed E-state index contributed by atoms with van der Waals surface area (Å²) >= 11 is 0. The number of hydrogen-bond acceptors (Lipinski definition) is 2. The fraction of sp³-hybridized carbons (Fsp3) is 1.00. The molecule has 1 fully saturated rings. The van der Waals surface area contributed by atoms with Crippen LogP contribution in [-0.4, -0.2) is 23.8 Å². The molecule has 0 saturated heterocycles. The summed E-state index contributed by atoms with van der Waals surface area (Å²) in [4.78, 5) is 0. The van der Waals surface area contributed by atoms with Gasteiger partial charge in [-0.15, -0.1) is 0 Å². The minimum Gasteiger partial charge on any atom is -0.328 e. The minimum atomic E-state index is -1.02. The summed E-state index contributed by atoms with van der Waals surface area (Å²) in [6.45, 7) is 6.64. The molecule has 0 radical (unpaired) electrons. The Balaban J connectivity index is 2.36. The van der Waals surface area contributed by atoms with Gasteiger partial charge in [-0.05, 0) is 46.5 Å². The van der Waals surface area contributed by atoms with Gasteiger partial charge in [0.25, 0.3) is 0 Å². The van der Waals surface area contributed by atoms with Gasteiger partial charge in [0, 0.05) is 18.1 Å². The number of halogens is 1. The Labute approximate surface area is 86.4 Å².